The fourth-order valence-corrected chi connectivity index (χ4v) is 5.13. The predicted octanol–water partition coefficient (Wildman–Crippen LogP) is 3.74. The van der Waals surface area contributed by atoms with Gasteiger partial charge in [0, 0.05) is 48.9 Å². The molecule has 2 aliphatic rings. The van der Waals surface area contributed by atoms with Crippen molar-refractivity contribution in [3.63, 3.8) is 0 Å². The highest BCUT2D eigenvalue weighted by Gasteiger charge is 2.34. The number of H-pyrrole nitrogens is 1. The summed E-state index contributed by atoms with van der Waals surface area (Å²) in [5.74, 6) is 0.754. The van der Waals surface area contributed by atoms with E-state index in [1.165, 1.54) is 0 Å². The minimum Gasteiger partial charge on any atom is -0.367 e. The van der Waals surface area contributed by atoms with E-state index in [-0.39, 0.29) is 29.9 Å². The fourth-order valence-electron chi connectivity index (χ4n) is 4.92. The lowest BCUT2D eigenvalue weighted by molar-refractivity contribution is -0.134. The standard InChI is InChI=1S/C24H27ClN6O2/c1-31-19(8-9-22(31)32)24(33)29-16-6-4-15(5-7-16)28-21-12-14(11-20(25)30-21)18-13-27-23-17(18)3-2-10-26-23/h2-3,10-13,15-16,19H,4-9H2,1H3,(H,26,27)(H,28,30)(H,29,33). The van der Waals surface area contributed by atoms with Crippen LogP contribution in [0.5, 0.6) is 0 Å². The molecular weight excluding hydrogens is 440 g/mol. The highest BCUT2D eigenvalue weighted by Crippen LogP contribution is 2.31. The van der Waals surface area contributed by atoms with Crippen LogP contribution in [0, 0.1) is 0 Å². The second-order valence-electron chi connectivity index (χ2n) is 8.93. The minimum absolute atomic E-state index is 0.0332. The fraction of sp³-hybridized carbons (Fsp3) is 0.417. The summed E-state index contributed by atoms with van der Waals surface area (Å²) >= 11 is 6.35. The SMILES string of the molecule is CN1C(=O)CCC1C(=O)NC1CCC(Nc2cc(-c3c[nH]c4ncccc34)cc(Cl)n2)CC1. The molecule has 0 spiro atoms. The lowest BCUT2D eigenvalue weighted by Gasteiger charge is -2.31. The van der Waals surface area contributed by atoms with Gasteiger partial charge in [-0.1, -0.05) is 11.6 Å². The summed E-state index contributed by atoms with van der Waals surface area (Å²) in [7, 11) is 1.71. The lowest BCUT2D eigenvalue weighted by atomic mass is 9.91. The Kier molecular flexibility index (Phi) is 5.93. The van der Waals surface area contributed by atoms with Crippen molar-refractivity contribution in [1.29, 1.82) is 0 Å². The van der Waals surface area contributed by atoms with Crippen molar-refractivity contribution in [3.8, 4) is 11.1 Å². The van der Waals surface area contributed by atoms with Gasteiger partial charge in [-0.15, -0.1) is 0 Å². The number of likely N-dealkylation sites (N-methyl/N-ethyl adjacent to an activating group) is 1. The van der Waals surface area contributed by atoms with E-state index in [4.69, 9.17) is 11.6 Å². The molecule has 172 valence electrons. The smallest absolute Gasteiger partial charge is 0.243 e. The molecule has 0 radical (unpaired) electrons. The minimum atomic E-state index is -0.331. The Labute approximate surface area is 197 Å². The summed E-state index contributed by atoms with van der Waals surface area (Å²) in [5, 5.41) is 8.14. The zero-order valence-corrected chi connectivity index (χ0v) is 19.2. The highest BCUT2D eigenvalue weighted by atomic mass is 35.5. The van der Waals surface area contributed by atoms with Gasteiger partial charge in [0.25, 0.3) is 0 Å². The molecule has 3 aromatic rings. The number of pyridine rings is 2. The Morgan fingerprint density at radius 3 is 2.73 bits per heavy atom. The molecule has 1 unspecified atom stereocenters. The van der Waals surface area contributed by atoms with Crippen LogP contribution in [0.4, 0.5) is 5.82 Å². The molecule has 1 aliphatic carbocycles. The van der Waals surface area contributed by atoms with E-state index in [0.717, 1.165) is 53.7 Å². The number of hydrogen-bond donors (Lipinski definition) is 3. The van der Waals surface area contributed by atoms with Crippen molar-refractivity contribution in [2.24, 2.45) is 0 Å². The van der Waals surface area contributed by atoms with E-state index < -0.39 is 0 Å². The summed E-state index contributed by atoms with van der Waals surface area (Å²) in [6, 6.07) is 7.90. The number of rotatable bonds is 5. The molecule has 8 nitrogen and oxygen atoms in total. The zero-order valence-electron chi connectivity index (χ0n) is 18.5. The van der Waals surface area contributed by atoms with E-state index in [9.17, 15) is 9.59 Å². The Morgan fingerprint density at radius 2 is 1.97 bits per heavy atom. The Balaban J connectivity index is 1.21. The molecule has 3 aromatic heterocycles. The normalized spacial score (nSPS) is 23.2. The topological polar surface area (TPSA) is 103 Å². The van der Waals surface area contributed by atoms with Gasteiger partial charge < -0.3 is 20.5 Å². The molecule has 1 atom stereocenters. The first-order valence-electron chi connectivity index (χ1n) is 11.4. The van der Waals surface area contributed by atoms with Crippen LogP contribution < -0.4 is 10.6 Å². The van der Waals surface area contributed by atoms with E-state index in [2.05, 4.69) is 25.6 Å². The molecule has 3 N–H and O–H groups in total. The van der Waals surface area contributed by atoms with Gasteiger partial charge in [-0.2, -0.15) is 0 Å². The molecule has 0 bridgehead atoms. The maximum atomic E-state index is 12.6. The number of nitrogens with one attached hydrogen (secondary N) is 3. The van der Waals surface area contributed by atoms with Gasteiger partial charge in [-0.25, -0.2) is 9.97 Å². The van der Waals surface area contributed by atoms with E-state index in [1.54, 1.807) is 18.1 Å². The maximum Gasteiger partial charge on any atom is 0.243 e. The maximum absolute atomic E-state index is 12.6. The first-order valence-corrected chi connectivity index (χ1v) is 11.8. The third kappa shape index (κ3) is 4.53. The Hall–Kier alpha value is -3.13. The largest absolute Gasteiger partial charge is 0.367 e. The second kappa shape index (κ2) is 9.02. The molecule has 0 aromatic carbocycles. The molecule has 1 saturated heterocycles. The number of fused-ring (bicyclic) bond motifs is 1. The van der Waals surface area contributed by atoms with Gasteiger partial charge in [0.15, 0.2) is 0 Å². The number of aromatic amines is 1. The number of likely N-dealkylation sites (tertiary alicyclic amines) is 1. The molecule has 4 heterocycles. The molecule has 9 heteroatoms. The van der Waals surface area contributed by atoms with Gasteiger partial charge in [-0.05, 0) is 61.9 Å². The van der Waals surface area contributed by atoms with Gasteiger partial charge in [-0.3, -0.25) is 9.59 Å². The van der Waals surface area contributed by atoms with Crippen LogP contribution >= 0.6 is 11.6 Å². The van der Waals surface area contributed by atoms with Crippen LogP contribution in [0.3, 0.4) is 0 Å². The number of hydrogen-bond acceptors (Lipinski definition) is 5. The van der Waals surface area contributed by atoms with Gasteiger partial charge >= 0.3 is 0 Å². The van der Waals surface area contributed by atoms with Crippen molar-refractivity contribution >= 4 is 40.3 Å². The van der Waals surface area contributed by atoms with Gasteiger partial charge in [0.1, 0.15) is 22.7 Å². The van der Waals surface area contributed by atoms with Crippen molar-refractivity contribution in [3.05, 3.63) is 41.8 Å². The molecule has 2 fully saturated rings. The van der Waals surface area contributed by atoms with Crippen LogP contribution in [-0.2, 0) is 9.59 Å². The average Bonchev–Trinajstić information content (AvgIpc) is 3.38. The lowest BCUT2D eigenvalue weighted by Crippen LogP contribution is -2.48. The van der Waals surface area contributed by atoms with Crippen molar-refractivity contribution in [1.82, 2.24) is 25.2 Å². The zero-order chi connectivity index (χ0) is 22.9. The van der Waals surface area contributed by atoms with Crippen LogP contribution in [0.1, 0.15) is 38.5 Å². The first-order chi connectivity index (χ1) is 16.0. The number of carbonyl (C=O) groups excluding carboxylic acids is 2. The van der Waals surface area contributed by atoms with E-state index in [0.29, 0.717) is 18.0 Å². The molecule has 1 saturated carbocycles. The molecule has 1 aliphatic heterocycles. The van der Waals surface area contributed by atoms with E-state index in [1.807, 2.05) is 30.5 Å². The number of anilines is 1. The van der Waals surface area contributed by atoms with Crippen LogP contribution in [0.15, 0.2) is 36.7 Å². The quantitative estimate of drug-likeness (QED) is 0.497. The molecular formula is C24H27ClN6O2. The number of halogens is 1. The highest BCUT2D eigenvalue weighted by molar-refractivity contribution is 6.29. The third-order valence-corrected chi connectivity index (χ3v) is 6.97. The summed E-state index contributed by atoms with van der Waals surface area (Å²) < 4.78 is 0. The third-order valence-electron chi connectivity index (χ3n) is 6.78. The first kappa shape index (κ1) is 21.7. The van der Waals surface area contributed by atoms with Crippen LogP contribution in [0.25, 0.3) is 22.2 Å². The van der Waals surface area contributed by atoms with Gasteiger partial charge in [0.2, 0.25) is 11.8 Å². The predicted molar refractivity (Wildman–Crippen MR) is 128 cm³/mol. The summed E-state index contributed by atoms with van der Waals surface area (Å²) in [5.41, 5.74) is 2.85. The summed E-state index contributed by atoms with van der Waals surface area (Å²) in [6.07, 6.45) is 8.37. The molecule has 33 heavy (non-hydrogen) atoms. The number of carbonyl (C=O) groups is 2. The number of aromatic nitrogens is 3. The van der Waals surface area contributed by atoms with Crippen LogP contribution in [0.2, 0.25) is 5.15 Å². The Bertz CT molecular complexity index is 1190. The summed E-state index contributed by atoms with van der Waals surface area (Å²) in [6.45, 7) is 0. The number of amides is 2. The monoisotopic (exact) mass is 466 g/mol. The number of nitrogens with zero attached hydrogens (tertiary/aromatic N) is 3. The van der Waals surface area contributed by atoms with E-state index >= 15 is 0 Å². The van der Waals surface area contributed by atoms with Crippen molar-refractivity contribution in [2.75, 3.05) is 12.4 Å². The molecule has 5 rings (SSSR count). The average molecular weight is 467 g/mol. The molecule has 2 amide bonds. The van der Waals surface area contributed by atoms with Gasteiger partial charge in [0.05, 0.1) is 0 Å². The summed E-state index contributed by atoms with van der Waals surface area (Å²) in [4.78, 5) is 37.9. The Morgan fingerprint density at radius 1 is 1.18 bits per heavy atom. The van der Waals surface area contributed by atoms with Crippen LogP contribution in [-0.4, -0.2) is 56.8 Å². The second-order valence-corrected chi connectivity index (χ2v) is 9.31. The van der Waals surface area contributed by atoms with Crippen molar-refractivity contribution < 1.29 is 9.59 Å². The van der Waals surface area contributed by atoms with Crippen molar-refractivity contribution in [2.45, 2.75) is 56.7 Å².